The Morgan fingerprint density at radius 3 is 2.50 bits per heavy atom. The van der Waals surface area contributed by atoms with Crippen LogP contribution in [-0.4, -0.2) is 25.5 Å². The SMILES string of the molecule is COc1cc(C(=O)NNC(=O)Cc2ccccc2Cl)ccc1OCCC(C)C. The number of methoxy groups -OCH3 is 1. The highest BCUT2D eigenvalue weighted by molar-refractivity contribution is 6.31. The van der Waals surface area contributed by atoms with Crippen molar-refractivity contribution in [1.82, 2.24) is 10.9 Å². The summed E-state index contributed by atoms with van der Waals surface area (Å²) in [6.07, 6.45) is 0.981. The van der Waals surface area contributed by atoms with E-state index in [4.69, 9.17) is 21.1 Å². The first-order valence-corrected chi connectivity index (χ1v) is 9.42. The van der Waals surface area contributed by atoms with E-state index in [-0.39, 0.29) is 12.3 Å². The molecule has 150 valence electrons. The van der Waals surface area contributed by atoms with Crippen LogP contribution in [0.15, 0.2) is 42.5 Å². The fourth-order valence-corrected chi connectivity index (χ4v) is 2.59. The number of hydrogen-bond acceptors (Lipinski definition) is 4. The molecule has 2 amide bonds. The van der Waals surface area contributed by atoms with Gasteiger partial charge in [0.25, 0.3) is 5.91 Å². The zero-order valence-electron chi connectivity index (χ0n) is 16.3. The van der Waals surface area contributed by atoms with Gasteiger partial charge in [-0.25, -0.2) is 0 Å². The van der Waals surface area contributed by atoms with Crippen molar-refractivity contribution in [3.05, 3.63) is 58.6 Å². The molecule has 0 fully saturated rings. The Balaban J connectivity index is 1.92. The molecule has 0 saturated carbocycles. The molecule has 2 N–H and O–H groups in total. The molecular formula is C21H25ClN2O4. The fourth-order valence-electron chi connectivity index (χ4n) is 2.39. The number of halogens is 1. The topological polar surface area (TPSA) is 76.7 Å². The Labute approximate surface area is 170 Å². The van der Waals surface area contributed by atoms with Crippen LogP contribution in [0.3, 0.4) is 0 Å². The third-order valence-corrected chi connectivity index (χ3v) is 4.37. The predicted octanol–water partition coefficient (Wildman–Crippen LogP) is 3.78. The number of rotatable bonds is 8. The number of ether oxygens (including phenoxy) is 2. The molecule has 0 unspecified atom stereocenters. The Kier molecular flexibility index (Phi) is 8.14. The quantitative estimate of drug-likeness (QED) is 0.656. The summed E-state index contributed by atoms with van der Waals surface area (Å²) in [5.74, 6) is 0.730. The van der Waals surface area contributed by atoms with Crippen LogP contribution >= 0.6 is 11.6 Å². The molecule has 2 aromatic rings. The molecule has 7 heteroatoms. The minimum Gasteiger partial charge on any atom is -0.493 e. The molecule has 0 bridgehead atoms. The van der Waals surface area contributed by atoms with E-state index in [9.17, 15) is 9.59 Å². The highest BCUT2D eigenvalue weighted by Crippen LogP contribution is 2.28. The fraction of sp³-hybridized carbons (Fsp3) is 0.333. The van der Waals surface area contributed by atoms with Gasteiger partial charge in [-0.2, -0.15) is 0 Å². The molecule has 0 aromatic heterocycles. The number of amides is 2. The lowest BCUT2D eigenvalue weighted by atomic mass is 10.1. The van der Waals surface area contributed by atoms with Gasteiger partial charge in [0.1, 0.15) is 0 Å². The standard InChI is InChI=1S/C21H25ClN2O4/c1-14(2)10-11-28-18-9-8-16(12-19(18)27-3)21(26)24-23-20(25)13-15-6-4-5-7-17(15)22/h4-9,12,14H,10-11,13H2,1-3H3,(H,23,25)(H,24,26). The van der Waals surface area contributed by atoms with Gasteiger partial charge >= 0.3 is 0 Å². The molecule has 0 aliphatic carbocycles. The minimum atomic E-state index is -0.459. The van der Waals surface area contributed by atoms with Crippen molar-refractivity contribution < 1.29 is 19.1 Å². The summed E-state index contributed by atoms with van der Waals surface area (Å²) in [4.78, 5) is 24.3. The molecule has 0 aliphatic heterocycles. The lowest BCUT2D eigenvalue weighted by molar-refractivity contribution is -0.121. The van der Waals surface area contributed by atoms with Crippen molar-refractivity contribution in [3.63, 3.8) is 0 Å². The molecular weight excluding hydrogens is 380 g/mol. The van der Waals surface area contributed by atoms with Crippen molar-refractivity contribution >= 4 is 23.4 Å². The van der Waals surface area contributed by atoms with Gasteiger partial charge in [0, 0.05) is 10.6 Å². The van der Waals surface area contributed by atoms with Gasteiger partial charge in [0.2, 0.25) is 5.91 Å². The van der Waals surface area contributed by atoms with E-state index in [2.05, 4.69) is 24.7 Å². The summed E-state index contributed by atoms with van der Waals surface area (Å²) >= 11 is 6.04. The summed E-state index contributed by atoms with van der Waals surface area (Å²) < 4.78 is 11.0. The van der Waals surface area contributed by atoms with Crippen molar-refractivity contribution in [3.8, 4) is 11.5 Å². The predicted molar refractivity (Wildman–Crippen MR) is 109 cm³/mol. The zero-order chi connectivity index (χ0) is 20.5. The van der Waals surface area contributed by atoms with E-state index in [0.717, 1.165) is 6.42 Å². The molecule has 6 nitrogen and oxygen atoms in total. The second kappa shape index (κ2) is 10.6. The zero-order valence-corrected chi connectivity index (χ0v) is 17.0. The maximum absolute atomic E-state index is 12.3. The summed E-state index contributed by atoms with van der Waals surface area (Å²) in [6.45, 7) is 4.81. The van der Waals surface area contributed by atoms with Crippen LogP contribution < -0.4 is 20.3 Å². The van der Waals surface area contributed by atoms with Crippen molar-refractivity contribution in [1.29, 1.82) is 0 Å². The number of carbonyl (C=O) groups excluding carboxylic acids is 2. The van der Waals surface area contributed by atoms with Crippen LogP contribution in [0.2, 0.25) is 5.02 Å². The van der Waals surface area contributed by atoms with Gasteiger partial charge in [-0.3, -0.25) is 20.4 Å². The lowest BCUT2D eigenvalue weighted by Crippen LogP contribution is -2.42. The first-order valence-electron chi connectivity index (χ1n) is 9.04. The minimum absolute atomic E-state index is 0.0614. The second-order valence-corrected chi connectivity index (χ2v) is 7.07. The Hall–Kier alpha value is -2.73. The Bertz CT molecular complexity index is 824. The normalized spacial score (nSPS) is 10.5. The summed E-state index contributed by atoms with van der Waals surface area (Å²) in [5.41, 5.74) is 5.80. The van der Waals surface area contributed by atoms with Crippen LogP contribution in [0, 0.1) is 5.92 Å². The van der Waals surface area contributed by atoms with E-state index in [1.165, 1.54) is 7.11 Å². The molecule has 0 radical (unpaired) electrons. The molecule has 0 aliphatic rings. The van der Waals surface area contributed by atoms with Gasteiger partial charge in [0.15, 0.2) is 11.5 Å². The first kappa shape index (κ1) is 21.6. The second-order valence-electron chi connectivity index (χ2n) is 6.67. The van der Waals surface area contributed by atoms with Crippen LogP contribution in [-0.2, 0) is 11.2 Å². The Morgan fingerprint density at radius 1 is 1.07 bits per heavy atom. The van der Waals surface area contributed by atoms with Crippen molar-refractivity contribution in [2.75, 3.05) is 13.7 Å². The average Bonchev–Trinajstić information content (AvgIpc) is 2.67. The van der Waals surface area contributed by atoms with Crippen LogP contribution in [0.5, 0.6) is 11.5 Å². The molecule has 2 rings (SSSR count). The number of hydrazine groups is 1. The summed E-state index contributed by atoms with van der Waals surface area (Å²) in [7, 11) is 1.51. The van der Waals surface area contributed by atoms with E-state index in [1.54, 1.807) is 42.5 Å². The summed E-state index contributed by atoms with van der Waals surface area (Å²) in [6, 6.07) is 11.9. The van der Waals surface area contributed by atoms with Crippen LogP contribution in [0.25, 0.3) is 0 Å². The molecule has 28 heavy (non-hydrogen) atoms. The molecule has 0 atom stereocenters. The number of nitrogens with one attached hydrogen (secondary N) is 2. The number of carbonyl (C=O) groups is 2. The van der Waals surface area contributed by atoms with Crippen molar-refractivity contribution in [2.45, 2.75) is 26.7 Å². The summed E-state index contributed by atoms with van der Waals surface area (Å²) in [5, 5.41) is 0.502. The van der Waals surface area contributed by atoms with E-state index >= 15 is 0 Å². The van der Waals surface area contributed by atoms with Crippen LogP contribution in [0.4, 0.5) is 0 Å². The average molecular weight is 405 g/mol. The Morgan fingerprint density at radius 2 is 1.82 bits per heavy atom. The molecule has 0 spiro atoms. The number of benzene rings is 2. The van der Waals surface area contributed by atoms with E-state index in [0.29, 0.717) is 40.2 Å². The highest BCUT2D eigenvalue weighted by Gasteiger charge is 2.13. The first-order chi connectivity index (χ1) is 13.4. The maximum Gasteiger partial charge on any atom is 0.269 e. The molecule has 0 saturated heterocycles. The van der Waals surface area contributed by atoms with Gasteiger partial charge in [-0.15, -0.1) is 0 Å². The van der Waals surface area contributed by atoms with Gasteiger partial charge in [-0.05, 0) is 42.2 Å². The van der Waals surface area contributed by atoms with Gasteiger partial charge in [0.05, 0.1) is 20.1 Å². The lowest BCUT2D eigenvalue weighted by Gasteiger charge is -2.13. The smallest absolute Gasteiger partial charge is 0.269 e. The monoisotopic (exact) mass is 404 g/mol. The number of hydrogen-bond donors (Lipinski definition) is 2. The van der Waals surface area contributed by atoms with Gasteiger partial charge in [-0.1, -0.05) is 43.6 Å². The third-order valence-electron chi connectivity index (χ3n) is 4.00. The van der Waals surface area contributed by atoms with E-state index in [1.807, 2.05) is 0 Å². The molecule has 2 aromatic carbocycles. The van der Waals surface area contributed by atoms with E-state index < -0.39 is 5.91 Å². The van der Waals surface area contributed by atoms with Gasteiger partial charge < -0.3 is 9.47 Å². The third kappa shape index (κ3) is 6.46. The highest BCUT2D eigenvalue weighted by atomic mass is 35.5. The largest absolute Gasteiger partial charge is 0.493 e. The molecule has 0 heterocycles. The van der Waals surface area contributed by atoms with Crippen LogP contribution in [0.1, 0.15) is 36.2 Å². The maximum atomic E-state index is 12.3. The van der Waals surface area contributed by atoms with Crippen molar-refractivity contribution in [2.24, 2.45) is 5.92 Å².